The minimum absolute atomic E-state index is 0.442. The van der Waals surface area contributed by atoms with E-state index in [0.717, 1.165) is 111 Å². The molecular formula is C75H51N9. The zero-order valence-electron chi connectivity index (χ0n) is 45.5. The van der Waals surface area contributed by atoms with E-state index in [1.165, 1.54) is 5.39 Å². The molecule has 16 rings (SSSR count). The van der Waals surface area contributed by atoms with Crippen molar-refractivity contribution in [3.63, 3.8) is 0 Å². The Morgan fingerprint density at radius 1 is 0.202 bits per heavy atom. The van der Waals surface area contributed by atoms with Crippen LogP contribution in [-0.4, -0.2) is 28.7 Å². The van der Waals surface area contributed by atoms with Gasteiger partial charge in [-0.15, -0.1) is 0 Å². The summed E-state index contributed by atoms with van der Waals surface area (Å²) in [6.45, 7) is 0. The van der Waals surface area contributed by atoms with Crippen LogP contribution in [0.25, 0.3) is 83.0 Å². The van der Waals surface area contributed by atoms with Crippen LogP contribution in [0, 0.1) is 0 Å². The topological polar surface area (TPSA) is 63.2 Å². The minimum Gasteiger partial charge on any atom is -0.310 e. The van der Waals surface area contributed by atoms with E-state index in [4.69, 9.17) is 15.0 Å². The van der Waals surface area contributed by atoms with Gasteiger partial charge in [-0.05, 0) is 127 Å². The molecule has 4 aromatic heterocycles. The second-order valence-electron chi connectivity index (χ2n) is 20.9. The molecule has 16 aromatic rings. The predicted octanol–water partition coefficient (Wildman–Crippen LogP) is 19.6. The largest absolute Gasteiger partial charge is 0.310 e. The van der Waals surface area contributed by atoms with Crippen LogP contribution in [0.4, 0.5) is 51.4 Å². The molecule has 0 N–H and O–H groups in total. The Bertz CT molecular complexity index is 4780. The standard InChI is InChI=1S/C75H51N9/c1-7-25-52(26-8-1)79(53-27-9-2-10-28-53)58-43-46-65-62-38-20-23-41-68(62)83(71(65)49-58)74-76-73(81(56-33-15-5-16-34-56)60-45-48-64-61-37-19-22-40-67(61)82(70(64)51-60)57-35-17-6-18-36-57)77-75(78-74)84-69-42-24-21-39-63(69)66-47-44-59(50-72(66)84)80(54-29-11-3-12-30-54)55-31-13-4-14-32-55/h1-51H. The van der Waals surface area contributed by atoms with Crippen LogP contribution in [0.3, 0.4) is 0 Å². The third-order valence-corrected chi connectivity index (χ3v) is 16.0. The molecule has 12 aromatic carbocycles. The van der Waals surface area contributed by atoms with Crippen LogP contribution in [0.5, 0.6) is 0 Å². The second kappa shape index (κ2) is 20.2. The molecule has 0 amide bonds. The van der Waals surface area contributed by atoms with Gasteiger partial charge >= 0.3 is 0 Å². The maximum atomic E-state index is 5.75. The van der Waals surface area contributed by atoms with Gasteiger partial charge in [-0.3, -0.25) is 14.0 Å². The van der Waals surface area contributed by atoms with Crippen molar-refractivity contribution >= 4 is 117 Å². The van der Waals surface area contributed by atoms with Crippen molar-refractivity contribution in [1.29, 1.82) is 0 Å². The predicted molar refractivity (Wildman–Crippen MR) is 347 cm³/mol. The molecule has 0 aliphatic heterocycles. The molecule has 9 nitrogen and oxygen atoms in total. The number of hydrogen-bond donors (Lipinski definition) is 0. The SMILES string of the molecule is c1ccc(N(c2ccccc2)c2ccc3c4ccccc4n(-c4nc(N(c5ccccc5)c5ccc6c7ccccc7n(-c7ccccc7)c6c5)nc(-n5c6ccccc6c6ccc(N(c7ccccc7)c7ccccc7)cc65)n4)c3c2)cc1. The summed E-state index contributed by atoms with van der Waals surface area (Å²) in [4.78, 5) is 24.0. The van der Waals surface area contributed by atoms with Gasteiger partial charge in [0.15, 0.2) is 0 Å². The van der Waals surface area contributed by atoms with Gasteiger partial charge in [0.1, 0.15) is 0 Å². The zero-order chi connectivity index (χ0) is 55.5. The molecule has 0 spiro atoms. The Labute approximate surface area is 484 Å². The molecule has 9 heteroatoms. The van der Waals surface area contributed by atoms with Gasteiger partial charge in [0.25, 0.3) is 0 Å². The number of hydrogen-bond acceptors (Lipinski definition) is 6. The maximum Gasteiger partial charge on any atom is 0.241 e. The lowest BCUT2D eigenvalue weighted by molar-refractivity contribution is 0.878. The fourth-order valence-electron chi connectivity index (χ4n) is 12.4. The Balaban J connectivity index is 0.998. The van der Waals surface area contributed by atoms with Crippen LogP contribution in [0.2, 0.25) is 0 Å². The van der Waals surface area contributed by atoms with Crippen molar-refractivity contribution in [2.45, 2.75) is 0 Å². The quantitative estimate of drug-likeness (QED) is 0.121. The summed E-state index contributed by atoms with van der Waals surface area (Å²) in [6, 6.07) is 109. The van der Waals surface area contributed by atoms with E-state index in [1.54, 1.807) is 0 Å². The number of fused-ring (bicyclic) bond motifs is 9. The van der Waals surface area contributed by atoms with Gasteiger partial charge in [-0.2, -0.15) is 15.0 Å². The minimum atomic E-state index is 0.442. The van der Waals surface area contributed by atoms with Gasteiger partial charge in [0.05, 0.1) is 38.8 Å². The first-order valence-corrected chi connectivity index (χ1v) is 28.3. The number of anilines is 9. The molecule has 4 heterocycles. The molecule has 0 bridgehead atoms. The van der Waals surface area contributed by atoms with Crippen molar-refractivity contribution in [2.24, 2.45) is 0 Å². The number of aromatic nitrogens is 6. The average molecular weight is 1080 g/mol. The van der Waals surface area contributed by atoms with E-state index < -0.39 is 0 Å². The van der Waals surface area contributed by atoms with Crippen molar-refractivity contribution < 1.29 is 0 Å². The highest BCUT2D eigenvalue weighted by Crippen LogP contribution is 2.44. The lowest BCUT2D eigenvalue weighted by atomic mass is 10.1. The van der Waals surface area contributed by atoms with E-state index in [1.807, 2.05) is 0 Å². The van der Waals surface area contributed by atoms with Crippen LogP contribution in [0.15, 0.2) is 309 Å². The van der Waals surface area contributed by atoms with Crippen LogP contribution < -0.4 is 14.7 Å². The van der Waals surface area contributed by atoms with E-state index in [2.05, 4.69) is 338 Å². The zero-order valence-corrected chi connectivity index (χ0v) is 45.5. The molecule has 0 saturated carbocycles. The third-order valence-electron chi connectivity index (χ3n) is 16.0. The average Bonchev–Trinajstić information content (AvgIpc) is 3.46. The van der Waals surface area contributed by atoms with E-state index in [9.17, 15) is 0 Å². The highest BCUT2D eigenvalue weighted by molar-refractivity contribution is 6.13. The number of rotatable bonds is 12. The Morgan fingerprint density at radius 3 is 0.845 bits per heavy atom. The monoisotopic (exact) mass is 1080 g/mol. The van der Waals surface area contributed by atoms with Crippen LogP contribution >= 0.6 is 0 Å². The first-order chi connectivity index (χ1) is 41.7. The highest BCUT2D eigenvalue weighted by atomic mass is 15.4. The fraction of sp³-hybridized carbons (Fsp3) is 0. The Morgan fingerprint density at radius 2 is 0.476 bits per heavy atom. The number of para-hydroxylation sites is 9. The summed E-state index contributed by atoms with van der Waals surface area (Å²) in [5, 5.41) is 6.62. The smallest absolute Gasteiger partial charge is 0.241 e. The fourth-order valence-corrected chi connectivity index (χ4v) is 12.4. The molecule has 0 aliphatic rings. The molecule has 0 fully saturated rings. The summed E-state index contributed by atoms with van der Waals surface area (Å²) < 4.78 is 6.81. The molecule has 0 radical (unpaired) electrons. The van der Waals surface area contributed by atoms with Crippen molar-refractivity contribution in [3.05, 3.63) is 309 Å². The van der Waals surface area contributed by atoms with Gasteiger partial charge in [-0.25, -0.2) is 0 Å². The van der Waals surface area contributed by atoms with E-state index >= 15 is 0 Å². The second-order valence-corrected chi connectivity index (χ2v) is 20.9. The van der Waals surface area contributed by atoms with Crippen molar-refractivity contribution in [1.82, 2.24) is 28.7 Å². The van der Waals surface area contributed by atoms with Gasteiger partial charge in [0.2, 0.25) is 17.8 Å². The van der Waals surface area contributed by atoms with E-state index in [0.29, 0.717) is 17.8 Å². The summed E-state index contributed by atoms with van der Waals surface area (Å²) in [5.74, 6) is 1.36. The molecule has 0 aliphatic carbocycles. The summed E-state index contributed by atoms with van der Waals surface area (Å²) in [7, 11) is 0. The number of benzene rings is 12. The molecular weight excluding hydrogens is 1030 g/mol. The van der Waals surface area contributed by atoms with Crippen molar-refractivity contribution in [2.75, 3.05) is 14.7 Å². The molecule has 0 unspecified atom stereocenters. The molecule has 396 valence electrons. The Hall–Kier alpha value is -11.6. The highest BCUT2D eigenvalue weighted by Gasteiger charge is 2.27. The molecule has 0 atom stereocenters. The summed E-state index contributed by atoms with van der Waals surface area (Å²) >= 11 is 0. The first kappa shape index (κ1) is 48.4. The van der Waals surface area contributed by atoms with Gasteiger partial charge in [0, 0.05) is 77.8 Å². The van der Waals surface area contributed by atoms with Crippen LogP contribution in [0.1, 0.15) is 0 Å². The lowest BCUT2D eigenvalue weighted by Crippen LogP contribution is -2.18. The third kappa shape index (κ3) is 8.13. The Kier molecular flexibility index (Phi) is 11.6. The molecule has 84 heavy (non-hydrogen) atoms. The molecule has 0 saturated heterocycles. The van der Waals surface area contributed by atoms with E-state index in [-0.39, 0.29) is 0 Å². The lowest BCUT2D eigenvalue weighted by Gasteiger charge is -2.26. The normalized spacial score (nSPS) is 11.6. The summed E-state index contributed by atoms with van der Waals surface area (Å²) in [5.41, 5.74) is 15.0. The van der Waals surface area contributed by atoms with Crippen LogP contribution in [-0.2, 0) is 0 Å². The maximum absolute atomic E-state index is 5.75. The summed E-state index contributed by atoms with van der Waals surface area (Å²) in [6.07, 6.45) is 0. The van der Waals surface area contributed by atoms with Gasteiger partial charge < -0.3 is 14.4 Å². The number of nitrogens with zero attached hydrogens (tertiary/aromatic N) is 9. The first-order valence-electron chi connectivity index (χ1n) is 28.3. The van der Waals surface area contributed by atoms with Gasteiger partial charge in [-0.1, -0.05) is 182 Å². The van der Waals surface area contributed by atoms with Crippen molar-refractivity contribution in [3.8, 4) is 17.6 Å².